The fourth-order valence-corrected chi connectivity index (χ4v) is 3.75. The number of pyridine rings is 1. The number of hydrogen-bond donors (Lipinski definition) is 1. The standard InChI is InChI=1S/C15H17N.C8H8ClNO/c1-2-6-12(7-3-1)13-10-11-16-15-9-5-4-8-14(13)15;1-6(11)10-8-4-2-7(9)3-5-8/h4-5,8-12H,1-3,6-7H2;2-5H,1H3,(H,10,11). The minimum absolute atomic E-state index is 0.0766. The van der Waals surface area contributed by atoms with Gasteiger partial charge in [0.05, 0.1) is 5.52 Å². The number of anilines is 1. The van der Waals surface area contributed by atoms with Crippen LogP contribution in [0.4, 0.5) is 5.69 Å². The quantitative estimate of drug-likeness (QED) is 0.545. The van der Waals surface area contributed by atoms with Crippen LogP contribution in [0.2, 0.25) is 5.02 Å². The first-order valence-corrected chi connectivity index (χ1v) is 9.88. The molecule has 0 atom stereocenters. The van der Waals surface area contributed by atoms with Crippen molar-refractivity contribution in [3.63, 3.8) is 0 Å². The highest BCUT2D eigenvalue weighted by Gasteiger charge is 2.17. The number of hydrogen-bond acceptors (Lipinski definition) is 2. The summed E-state index contributed by atoms with van der Waals surface area (Å²) in [7, 11) is 0. The number of nitrogens with one attached hydrogen (secondary N) is 1. The van der Waals surface area contributed by atoms with Crippen LogP contribution in [-0.4, -0.2) is 10.9 Å². The highest BCUT2D eigenvalue weighted by atomic mass is 35.5. The molecule has 1 saturated carbocycles. The first-order valence-electron chi connectivity index (χ1n) is 9.50. The van der Waals surface area contributed by atoms with Gasteiger partial charge in [-0.1, -0.05) is 49.1 Å². The van der Waals surface area contributed by atoms with Gasteiger partial charge in [0.2, 0.25) is 5.91 Å². The summed E-state index contributed by atoms with van der Waals surface area (Å²) in [6.07, 6.45) is 8.87. The Morgan fingerprint density at radius 3 is 2.41 bits per heavy atom. The van der Waals surface area contributed by atoms with Gasteiger partial charge in [-0.15, -0.1) is 0 Å². The van der Waals surface area contributed by atoms with E-state index in [0.29, 0.717) is 5.02 Å². The molecule has 27 heavy (non-hydrogen) atoms. The second-order valence-corrected chi connectivity index (χ2v) is 7.38. The first-order chi connectivity index (χ1) is 13.1. The zero-order valence-corrected chi connectivity index (χ0v) is 16.4. The van der Waals surface area contributed by atoms with E-state index in [2.05, 4.69) is 40.6 Å². The Hall–Kier alpha value is -2.39. The number of fused-ring (bicyclic) bond motifs is 1. The Labute approximate surface area is 165 Å². The highest BCUT2D eigenvalue weighted by molar-refractivity contribution is 6.30. The Kier molecular flexibility index (Phi) is 6.83. The third kappa shape index (κ3) is 5.54. The van der Waals surface area contributed by atoms with E-state index < -0.39 is 0 Å². The maximum atomic E-state index is 10.6. The Morgan fingerprint density at radius 1 is 1.00 bits per heavy atom. The van der Waals surface area contributed by atoms with Crippen molar-refractivity contribution in [2.75, 3.05) is 5.32 Å². The van der Waals surface area contributed by atoms with E-state index in [4.69, 9.17) is 11.6 Å². The van der Waals surface area contributed by atoms with Crippen LogP contribution in [0.15, 0.2) is 60.8 Å². The molecule has 140 valence electrons. The van der Waals surface area contributed by atoms with Crippen molar-refractivity contribution >= 4 is 34.1 Å². The Balaban J connectivity index is 0.000000168. The van der Waals surface area contributed by atoms with E-state index >= 15 is 0 Å². The van der Waals surface area contributed by atoms with Gasteiger partial charge in [0.1, 0.15) is 0 Å². The number of amides is 1. The van der Waals surface area contributed by atoms with Gasteiger partial charge in [0.15, 0.2) is 0 Å². The SMILES string of the molecule is CC(=O)Nc1ccc(Cl)cc1.c1ccc2c(C3CCCCC3)ccnc2c1. The summed E-state index contributed by atoms with van der Waals surface area (Å²) in [5.74, 6) is 0.689. The van der Waals surface area contributed by atoms with Crippen molar-refractivity contribution in [1.29, 1.82) is 0 Å². The van der Waals surface area contributed by atoms with Crippen molar-refractivity contribution in [1.82, 2.24) is 4.98 Å². The molecule has 0 bridgehead atoms. The van der Waals surface area contributed by atoms with Crippen molar-refractivity contribution in [2.45, 2.75) is 44.9 Å². The third-order valence-corrected chi connectivity index (χ3v) is 5.14. The molecule has 1 aliphatic carbocycles. The molecular weight excluding hydrogens is 356 g/mol. The topological polar surface area (TPSA) is 42.0 Å². The van der Waals surface area contributed by atoms with E-state index in [9.17, 15) is 4.79 Å². The van der Waals surface area contributed by atoms with Gasteiger partial charge < -0.3 is 5.32 Å². The van der Waals surface area contributed by atoms with Crippen molar-refractivity contribution in [3.05, 3.63) is 71.4 Å². The minimum atomic E-state index is -0.0766. The van der Waals surface area contributed by atoms with Crippen LogP contribution in [0.5, 0.6) is 0 Å². The van der Waals surface area contributed by atoms with Gasteiger partial charge in [-0.2, -0.15) is 0 Å². The molecule has 4 heteroatoms. The van der Waals surface area contributed by atoms with Crippen molar-refractivity contribution in [3.8, 4) is 0 Å². The second kappa shape index (κ2) is 9.52. The maximum Gasteiger partial charge on any atom is 0.221 e. The van der Waals surface area contributed by atoms with E-state index in [-0.39, 0.29) is 5.91 Å². The molecule has 1 aliphatic rings. The lowest BCUT2D eigenvalue weighted by Crippen LogP contribution is -2.05. The molecule has 0 radical (unpaired) electrons. The predicted octanol–water partition coefficient (Wildman–Crippen LogP) is 6.58. The van der Waals surface area contributed by atoms with Crippen molar-refractivity contribution in [2.24, 2.45) is 0 Å². The number of aromatic nitrogens is 1. The zero-order chi connectivity index (χ0) is 19.1. The molecular formula is C23H25ClN2O. The van der Waals surface area contributed by atoms with Crippen LogP contribution < -0.4 is 5.32 Å². The summed E-state index contributed by atoms with van der Waals surface area (Å²) in [5, 5.41) is 4.66. The summed E-state index contributed by atoms with van der Waals surface area (Å²) >= 11 is 5.64. The molecule has 1 fully saturated rings. The molecule has 1 aromatic heterocycles. The number of benzene rings is 2. The van der Waals surface area contributed by atoms with Gasteiger partial charge in [0, 0.05) is 29.2 Å². The molecule has 0 spiro atoms. The number of carbonyl (C=O) groups excluding carboxylic acids is 1. The van der Waals surface area contributed by atoms with Gasteiger partial charge in [0.25, 0.3) is 0 Å². The minimum Gasteiger partial charge on any atom is -0.326 e. The molecule has 3 aromatic rings. The number of nitrogens with zero attached hydrogens (tertiary/aromatic N) is 1. The summed E-state index contributed by atoms with van der Waals surface area (Å²) in [6.45, 7) is 1.47. The highest BCUT2D eigenvalue weighted by Crippen LogP contribution is 2.35. The lowest BCUT2D eigenvalue weighted by atomic mass is 9.83. The Morgan fingerprint density at radius 2 is 1.70 bits per heavy atom. The average molecular weight is 381 g/mol. The monoisotopic (exact) mass is 380 g/mol. The summed E-state index contributed by atoms with van der Waals surface area (Å²) in [5.41, 5.74) is 3.43. The lowest BCUT2D eigenvalue weighted by Gasteiger charge is -2.23. The number of rotatable bonds is 2. The molecule has 1 amide bonds. The summed E-state index contributed by atoms with van der Waals surface area (Å²) < 4.78 is 0. The molecule has 3 nitrogen and oxygen atoms in total. The van der Waals surface area contributed by atoms with Gasteiger partial charge in [-0.3, -0.25) is 9.78 Å². The predicted molar refractivity (Wildman–Crippen MR) is 113 cm³/mol. The normalized spacial score (nSPS) is 14.3. The van der Waals surface area contributed by atoms with E-state index in [1.165, 1.54) is 50.0 Å². The molecule has 1 N–H and O–H groups in total. The molecule has 2 aromatic carbocycles. The summed E-state index contributed by atoms with van der Waals surface area (Å²) in [4.78, 5) is 15.0. The number of carbonyl (C=O) groups is 1. The average Bonchev–Trinajstić information content (AvgIpc) is 2.70. The van der Waals surface area contributed by atoms with Crippen LogP contribution in [-0.2, 0) is 4.79 Å². The van der Waals surface area contributed by atoms with Crippen molar-refractivity contribution < 1.29 is 4.79 Å². The van der Waals surface area contributed by atoms with E-state index in [0.717, 1.165) is 17.1 Å². The molecule has 0 saturated heterocycles. The lowest BCUT2D eigenvalue weighted by molar-refractivity contribution is -0.114. The van der Waals surface area contributed by atoms with Crippen LogP contribution >= 0.6 is 11.6 Å². The first kappa shape index (κ1) is 19.4. The zero-order valence-electron chi connectivity index (χ0n) is 15.6. The van der Waals surface area contributed by atoms with Gasteiger partial charge >= 0.3 is 0 Å². The smallest absolute Gasteiger partial charge is 0.221 e. The van der Waals surface area contributed by atoms with Gasteiger partial charge in [-0.25, -0.2) is 0 Å². The van der Waals surface area contributed by atoms with E-state index in [1.54, 1.807) is 24.3 Å². The molecule has 0 unspecified atom stereocenters. The molecule has 0 aliphatic heterocycles. The van der Waals surface area contributed by atoms with Crippen LogP contribution in [0, 0.1) is 0 Å². The van der Waals surface area contributed by atoms with Crippen LogP contribution in [0.3, 0.4) is 0 Å². The number of para-hydroxylation sites is 1. The third-order valence-electron chi connectivity index (χ3n) is 4.89. The van der Waals surface area contributed by atoms with Gasteiger partial charge in [-0.05, 0) is 60.7 Å². The van der Waals surface area contributed by atoms with E-state index in [1.807, 2.05) is 6.20 Å². The number of halogens is 1. The fourth-order valence-electron chi connectivity index (χ4n) is 3.62. The molecule has 4 rings (SSSR count). The summed E-state index contributed by atoms with van der Waals surface area (Å²) in [6, 6.07) is 17.7. The fraction of sp³-hybridized carbons (Fsp3) is 0.304. The second-order valence-electron chi connectivity index (χ2n) is 6.94. The van der Waals surface area contributed by atoms with Crippen LogP contribution in [0.1, 0.15) is 50.5 Å². The maximum absolute atomic E-state index is 10.6. The molecule has 1 heterocycles. The van der Waals surface area contributed by atoms with Crippen LogP contribution in [0.25, 0.3) is 10.9 Å². The largest absolute Gasteiger partial charge is 0.326 e. The Bertz CT molecular complexity index is 881.